The smallest absolute Gasteiger partial charge is 0.231 e. The van der Waals surface area contributed by atoms with Crippen LogP contribution >= 0.6 is 36.4 Å². The van der Waals surface area contributed by atoms with Crippen LogP contribution in [-0.2, 0) is 11.2 Å². The third-order valence-electron chi connectivity index (χ3n) is 6.35. The van der Waals surface area contributed by atoms with Crippen LogP contribution in [0.4, 0.5) is 5.82 Å². The molecule has 0 saturated carbocycles. The first-order valence-electron chi connectivity index (χ1n) is 11.0. The van der Waals surface area contributed by atoms with Crippen LogP contribution in [0, 0.1) is 0 Å². The van der Waals surface area contributed by atoms with Gasteiger partial charge < -0.3 is 20.2 Å². The number of nitrogens with one attached hydrogen (secondary N) is 1. The van der Waals surface area contributed by atoms with Crippen molar-refractivity contribution in [3.8, 4) is 0 Å². The number of hydrogen-bond donors (Lipinski definition) is 2. The molecular formula is C23H32Cl3N5O2. The fourth-order valence-corrected chi connectivity index (χ4v) is 4.73. The van der Waals surface area contributed by atoms with Gasteiger partial charge in [-0.25, -0.2) is 9.97 Å². The minimum atomic E-state index is -0.307. The first-order valence-corrected chi connectivity index (χ1v) is 11.4. The monoisotopic (exact) mass is 515 g/mol. The third kappa shape index (κ3) is 6.28. The summed E-state index contributed by atoms with van der Waals surface area (Å²) in [5.74, 6) is 1.33. The molecule has 1 aliphatic carbocycles. The van der Waals surface area contributed by atoms with Gasteiger partial charge in [-0.2, -0.15) is 0 Å². The summed E-state index contributed by atoms with van der Waals surface area (Å²) in [5.41, 5.74) is 3.40. The lowest BCUT2D eigenvalue weighted by molar-refractivity contribution is -0.133. The number of amides is 1. The Morgan fingerprint density at radius 1 is 1.18 bits per heavy atom. The number of nitrogens with zero attached hydrogens (tertiary/aromatic N) is 4. The van der Waals surface area contributed by atoms with Crippen molar-refractivity contribution in [1.29, 1.82) is 0 Å². The van der Waals surface area contributed by atoms with Crippen molar-refractivity contribution in [2.24, 2.45) is 0 Å². The topological polar surface area (TPSA) is 81.6 Å². The van der Waals surface area contributed by atoms with Crippen molar-refractivity contribution in [2.75, 3.05) is 50.8 Å². The number of rotatable bonds is 7. The molecule has 0 bridgehead atoms. The van der Waals surface area contributed by atoms with Crippen LogP contribution in [0.5, 0.6) is 0 Å². The first-order chi connectivity index (χ1) is 15.1. The molecule has 7 nitrogen and oxygen atoms in total. The van der Waals surface area contributed by atoms with Crippen LogP contribution in [0.15, 0.2) is 30.6 Å². The fourth-order valence-electron chi connectivity index (χ4n) is 4.60. The van der Waals surface area contributed by atoms with Gasteiger partial charge in [-0.3, -0.25) is 4.79 Å². The highest BCUT2D eigenvalue weighted by atomic mass is 35.5. The molecule has 1 aliphatic heterocycles. The molecule has 1 aromatic carbocycles. The maximum atomic E-state index is 13.4. The molecule has 0 spiro atoms. The van der Waals surface area contributed by atoms with E-state index in [4.69, 9.17) is 16.7 Å². The molecule has 1 aromatic heterocycles. The predicted molar refractivity (Wildman–Crippen MR) is 136 cm³/mol. The zero-order valence-electron chi connectivity index (χ0n) is 18.7. The first kappa shape index (κ1) is 27.6. The maximum Gasteiger partial charge on any atom is 0.231 e. The highest BCUT2D eigenvalue weighted by Crippen LogP contribution is 2.37. The normalized spacial score (nSPS) is 18.2. The van der Waals surface area contributed by atoms with Gasteiger partial charge in [-0.05, 0) is 36.5 Å². The van der Waals surface area contributed by atoms with E-state index in [-0.39, 0.29) is 43.2 Å². The zero-order chi connectivity index (χ0) is 21.8. The van der Waals surface area contributed by atoms with Gasteiger partial charge in [0.2, 0.25) is 5.91 Å². The molecule has 1 fully saturated rings. The predicted octanol–water partition coefficient (Wildman–Crippen LogP) is 3.04. The number of halogens is 3. The number of piperazine rings is 1. The largest absolute Gasteiger partial charge is 0.395 e. The third-order valence-corrected chi connectivity index (χ3v) is 6.60. The Labute approximate surface area is 212 Å². The lowest BCUT2D eigenvalue weighted by Crippen LogP contribution is -2.51. The number of benzene rings is 1. The van der Waals surface area contributed by atoms with E-state index < -0.39 is 0 Å². The number of aromatic nitrogens is 2. The highest BCUT2D eigenvalue weighted by molar-refractivity contribution is 6.30. The number of hydrogen-bond acceptors (Lipinski definition) is 6. The molecular weight excluding hydrogens is 485 g/mol. The van der Waals surface area contributed by atoms with E-state index in [9.17, 15) is 4.79 Å². The molecule has 2 aliphatic rings. The Bertz CT molecular complexity index is 907. The number of fused-ring (bicyclic) bond motifs is 1. The van der Waals surface area contributed by atoms with Crippen LogP contribution < -0.4 is 10.2 Å². The van der Waals surface area contributed by atoms with Gasteiger partial charge in [0.05, 0.1) is 12.5 Å². The van der Waals surface area contributed by atoms with Crippen LogP contribution in [-0.4, -0.2) is 71.8 Å². The molecule has 2 heterocycles. The molecule has 4 rings (SSSR count). The zero-order valence-corrected chi connectivity index (χ0v) is 21.1. The lowest BCUT2D eigenvalue weighted by atomic mass is 9.97. The van der Waals surface area contributed by atoms with E-state index in [0.29, 0.717) is 37.1 Å². The van der Waals surface area contributed by atoms with Gasteiger partial charge in [0.1, 0.15) is 12.1 Å². The summed E-state index contributed by atoms with van der Waals surface area (Å²) < 4.78 is 0. The SMILES string of the molecule is C[C@@H]1CCc2ncnc(N3CCN(C(=O)[C@@H](CNCCO)c4ccc(Cl)cc4)CC3)c21.Cl.Cl. The average Bonchev–Trinajstić information content (AvgIpc) is 3.18. The Kier molecular flexibility index (Phi) is 10.6. The fraction of sp³-hybridized carbons (Fsp3) is 0.522. The van der Waals surface area contributed by atoms with Crippen molar-refractivity contribution in [1.82, 2.24) is 20.2 Å². The molecule has 182 valence electrons. The summed E-state index contributed by atoms with van der Waals surface area (Å²) in [4.78, 5) is 26.7. The number of aliphatic hydroxyl groups is 1. The van der Waals surface area contributed by atoms with E-state index in [1.54, 1.807) is 6.33 Å². The molecule has 10 heteroatoms. The second-order valence-corrected chi connectivity index (χ2v) is 8.78. The minimum Gasteiger partial charge on any atom is -0.395 e. The highest BCUT2D eigenvalue weighted by Gasteiger charge is 2.31. The van der Waals surface area contributed by atoms with E-state index in [1.807, 2.05) is 29.2 Å². The number of aryl methyl sites for hydroxylation is 1. The van der Waals surface area contributed by atoms with Gasteiger partial charge in [-0.15, -0.1) is 24.8 Å². The standard InChI is InChI=1S/C23H30ClN5O2.2ClH/c1-16-2-7-20-21(16)22(27-15-26-20)28-9-11-29(12-10-28)23(31)19(14-25-8-13-30)17-3-5-18(24)6-4-17;;/h3-6,15-16,19,25,30H,2,7-14H2,1H3;2*1H/t16-,19+;;/m1../s1. The van der Waals surface area contributed by atoms with Gasteiger partial charge >= 0.3 is 0 Å². The molecule has 2 N–H and O–H groups in total. The van der Waals surface area contributed by atoms with E-state index >= 15 is 0 Å². The number of carbonyl (C=O) groups excluding carboxylic acids is 1. The van der Waals surface area contributed by atoms with Gasteiger partial charge in [-0.1, -0.05) is 30.7 Å². The molecule has 33 heavy (non-hydrogen) atoms. The Hall–Kier alpha value is -1.64. The van der Waals surface area contributed by atoms with Crippen molar-refractivity contribution >= 4 is 48.1 Å². The molecule has 2 aromatic rings. The summed E-state index contributed by atoms with van der Waals surface area (Å²) in [6.45, 7) is 6.08. The summed E-state index contributed by atoms with van der Waals surface area (Å²) in [7, 11) is 0. The van der Waals surface area contributed by atoms with Gasteiger partial charge in [0, 0.05) is 55.5 Å². The molecule has 0 unspecified atom stereocenters. The summed E-state index contributed by atoms with van der Waals surface area (Å²) in [6.07, 6.45) is 3.82. The molecule has 0 radical (unpaired) electrons. The maximum absolute atomic E-state index is 13.4. The molecule has 2 atom stereocenters. The molecule has 1 saturated heterocycles. The number of aliphatic hydroxyl groups excluding tert-OH is 1. The van der Waals surface area contributed by atoms with Crippen LogP contribution in [0.1, 0.15) is 42.0 Å². The molecule has 1 amide bonds. The average molecular weight is 517 g/mol. The van der Waals surface area contributed by atoms with Crippen molar-refractivity contribution in [3.63, 3.8) is 0 Å². The van der Waals surface area contributed by atoms with Crippen molar-refractivity contribution in [2.45, 2.75) is 31.6 Å². The van der Waals surface area contributed by atoms with Crippen LogP contribution in [0.2, 0.25) is 5.02 Å². The Morgan fingerprint density at radius 3 is 2.55 bits per heavy atom. The van der Waals surface area contributed by atoms with Crippen LogP contribution in [0.3, 0.4) is 0 Å². The summed E-state index contributed by atoms with van der Waals surface area (Å²) in [6, 6.07) is 7.46. The van der Waals surface area contributed by atoms with Crippen molar-refractivity contribution in [3.05, 3.63) is 52.4 Å². The number of anilines is 1. The van der Waals surface area contributed by atoms with Crippen LogP contribution in [0.25, 0.3) is 0 Å². The Morgan fingerprint density at radius 2 is 1.88 bits per heavy atom. The number of carbonyl (C=O) groups is 1. The quantitative estimate of drug-likeness (QED) is 0.551. The second kappa shape index (κ2) is 12.7. The van der Waals surface area contributed by atoms with E-state index in [0.717, 1.165) is 37.3 Å². The minimum absolute atomic E-state index is 0. The van der Waals surface area contributed by atoms with Gasteiger partial charge in [0.25, 0.3) is 0 Å². The lowest BCUT2D eigenvalue weighted by Gasteiger charge is -2.38. The Balaban J connectivity index is 0.00000193. The van der Waals surface area contributed by atoms with E-state index in [1.165, 1.54) is 11.3 Å². The van der Waals surface area contributed by atoms with Crippen molar-refractivity contribution < 1.29 is 9.90 Å². The second-order valence-electron chi connectivity index (χ2n) is 8.34. The summed E-state index contributed by atoms with van der Waals surface area (Å²) >= 11 is 6.04. The van der Waals surface area contributed by atoms with E-state index in [2.05, 4.69) is 27.1 Å². The summed E-state index contributed by atoms with van der Waals surface area (Å²) in [5, 5.41) is 12.9. The van der Waals surface area contributed by atoms with Gasteiger partial charge in [0.15, 0.2) is 0 Å².